The summed E-state index contributed by atoms with van der Waals surface area (Å²) < 4.78 is 12.9. The summed E-state index contributed by atoms with van der Waals surface area (Å²) in [5.41, 5.74) is 8.24. The summed E-state index contributed by atoms with van der Waals surface area (Å²) in [4.78, 5) is 11.1. The van der Waals surface area contributed by atoms with Gasteiger partial charge in [0.1, 0.15) is 16.5 Å². The van der Waals surface area contributed by atoms with Gasteiger partial charge in [0.25, 0.3) is 0 Å². The van der Waals surface area contributed by atoms with Crippen LogP contribution in [0.3, 0.4) is 0 Å². The highest BCUT2D eigenvalue weighted by Crippen LogP contribution is 2.33. The van der Waals surface area contributed by atoms with Crippen LogP contribution in [0, 0.1) is 19.7 Å². The Morgan fingerprint density at radius 3 is 2.62 bits per heavy atom. The number of rotatable bonds is 3. The molecule has 3 rings (SSSR count). The molecule has 0 spiro atoms. The van der Waals surface area contributed by atoms with Gasteiger partial charge in [-0.25, -0.2) is 14.4 Å². The molecule has 0 unspecified atom stereocenters. The predicted molar refractivity (Wildman–Crippen MR) is 87.3 cm³/mol. The summed E-state index contributed by atoms with van der Waals surface area (Å²) in [6.07, 6.45) is 0. The normalized spacial score (nSPS) is 11.2. The molecule has 3 nitrogen and oxygen atoms in total. The van der Waals surface area contributed by atoms with E-state index >= 15 is 0 Å². The van der Waals surface area contributed by atoms with Crippen LogP contribution in [-0.4, -0.2) is 9.97 Å². The van der Waals surface area contributed by atoms with E-state index in [0.717, 1.165) is 21.3 Å². The van der Waals surface area contributed by atoms with Gasteiger partial charge >= 0.3 is 0 Å². The van der Waals surface area contributed by atoms with E-state index in [2.05, 4.69) is 16.9 Å². The molecule has 0 saturated carbocycles. The van der Waals surface area contributed by atoms with E-state index in [0.29, 0.717) is 16.7 Å². The zero-order chi connectivity index (χ0) is 15.0. The lowest BCUT2D eigenvalue weighted by Crippen LogP contribution is -1.96. The summed E-state index contributed by atoms with van der Waals surface area (Å²) in [7, 11) is 0. The molecule has 0 amide bonds. The lowest BCUT2D eigenvalue weighted by Gasteiger charge is -2.03. The number of nitrogen functional groups attached to an aromatic ring is 1. The van der Waals surface area contributed by atoms with Crippen molar-refractivity contribution in [2.24, 2.45) is 0 Å². The molecule has 0 fully saturated rings. The first kappa shape index (κ1) is 14.3. The number of fused-ring (bicyclic) bond motifs is 1. The van der Waals surface area contributed by atoms with Crippen molar-refractivity contribution >= 4 is 39.1 Å². The van der Waals surface area contributed by atoms with Crippen molar-refractivity contribution < 1.29 is 4.39 Å². The fourth-order valence-electron chi connectivity index (χ4n) is 2.05. The Kier molecular flexibility index (Phi) is 3.82. The number of nitrogens with zero attached hydrogens (tertiary/aromatic N) is 2. The van der Waals surface area contributed by atoms with Crippen LogP contribution in [0.15, 0.2) is 29.4 Å². The molecule has 2 heterocycles. The number of thioether (sulfide) groups is 1. The summed E-state index contributed by atoms with van der Waals surface area (Å²) in [6, 6.07) is 6.45. The third-order valence-electron chi connectivity index (χ3n) is 3.32. The Morgan fingerprint density at radius 1 is 1.19 bits per heavy atom. The van der Waals surface area contributed by atoms with Gasteiger partial charge < -0.3 is 5.73 Å². The number of aryl methyl sites for hydroxylation is 2. The molecule has 6 heteroatoms. The van der Waals surface area contributed by atoms with E-state index in [4.69, 9.17) is 5.73 Å². The van der Waals surface area contributed by atoms with Gasteiger partial charge in [0.15, 0.2) is 5.16 Å². The number of hydrogen-bond donors (Lipinski definition) is 1. The number of halogens is 1. The first-order valence-electron chi connectivity index (χ1n) is 6.45. The Morgan fingerprint density at radius 2 is 1.90 bits per heavy atom. The average molecular weight is 319 g/mol. The van der Waals surface area contributed by atoms with E-state index in [9.17, 15) is 4.39 Å². The van der Waals surface area contributed by atoms with Crippen LogP contribution in [0.25, 0.3) is 10.2 Å². The minimum Gasteiger partial charge on any atom is -0.383 e. The molecular weight excluding hydrogens is 305 g/mol. The van der Waals surface area contributed by atoms with E-state index in [1.54, 1.807) is 23.5 Å². The lowest BCUT2D eigenvalue weighted by atomic mass is 10.2. The summed E-state index contributed by atoms with van der Waals surface area (Å²) >= 11 is 3.14. The highest BCUT2D eigenvalue weighted by Gasteiger charge is 2.12. The molecule has 108 valence electrons. The van der Waals surface area contributed by atoms with Crippen molar-refractivity contribution in [3.8, 4) is 0 Å². The molecule has 3 aromatic rings. The van der Waals surface area contributed by atoms with Crippen LogP contribution >= 0.6 is 23.1 Å². The van der Waals surface area contributed by atoms with E-state index in [-0.39, 0.29) is 5.82 Å². The molecule has 0 saturated heterocycles. The monoisotopic (exact) mass is 319 g/mol. The quantitative estimate of drug-likeness (QED) is 0.577. The van der Waals surface area contributed by atoms with Crippen molar-refractivity contribution in [2.75, 3.05) is 5.73 Å². The predicted octanol–water partition coefficient (Wildman–Crippen LogP) is 4.32. The maximum absolute atomic E-state index is 12.9. The second-order valence-electron chi connectivity index (χ2n) is 4.77. The number of anilines is 1. The summed E-state index contributed by atoms with van der Waals surface area (Å²) in [5.74, 6) is 0.993. The first-order chi connectivity index (χ1) is 10.0. The highest BCUT2D eigenvalue weighted by molar-refractivity contribution is 7.98. The highest BCUT2D eigenvalue weighted by atomic mass is 32.2. The van der Waals surface area contributed by atoms with E-state index < -0.39 is 0 Å². The van der Waals surface area contributed by atoms with Crippen LogP contribution in [0.4, 0.5) is 10.2 Å². The van der Waals surface area contributed by atoms with Crippen LogP contribution < -0.4 is 5.73 Å². The van der Waals surface area contributed by atoms with Crippen molar-refractivity contribution in [3.05, 3.63) is 46.1 Å². The summed E-state index contributed by atoms with van der Waals surface area (Å²) in [5, 5.41) is 1.62. The molecule has 21 heavy (non-hydrogen) atoms. The van der Waals surface area contributed by atoms with Crippen molar-refractivity contribution in [1.29, 1.82) is 0 Å². The molecular formula is C15H14FN3S2. The Balaban J connectivity index is 1.86. The number of benzene rings is 1. The smallest absolute Gasteiger partial charge is 0.191 e. The Labute approximate surface area is 130 Å². The summed E-state index contributed by atoms with van der Waals surface area (Å²) in [6.45, 7) is 4.10. The molecule has 1 aromatic carbocycles. The van der Waals surface area contributed by atoms with Crippen molar-refractivity contribution in [2.45, 2.75) is 24.8 Å². The molecule has 0 aliphatic carbocycles. The molecule has 0 aliphatic rings. The van der Waals surface area contributed by atoms with Gasteiger partial charge in [0, 0.05) is 10.6 Å². The van der Waals surface area contributed by atoms with Crippen LogP contribution in [0.2, 0.25) is 0 Å². The van der Waals surface area contributed by atoms with Crippen molar-refractivity contribution in [1.82, 2.24) is 9.97 Å². The number of nitrogens with two attached hydrogens (primary N) is 1. The van der Waals surface area contributed by atoms with Gasteiger partial charge in [-0.05, 0) is 37.1 Å². The second kappa shape index (κ2) is 5.61. The zero-order valence-corrected chi connectivity index (χ0v) is 13.3. The third-order valence-corrected chi connectivity index (χ3v) is 5.34. The Bertz CT molecular complexity index is 797. The van der Waals surface area contributed by atoms with Crippen LogP contribution in [-0.2, 0) is 5.75 Å². The zero-order valence-electron chi connectivity index (χ0n) is 11.7. The molecule has 2 N–H and O–H groups in total. The van der Waals surface area contributed by atoms with Crippen LogP contribution in [0.1, 0.15) is 16.0 Å². The SMILES string of the molecule is Cc1sc2nc(SCc3ccc(F)cc3)nc(N)c2c1C. The molecule has 0 bridgehead atoms. The Hall–Kier alpha value is -1.66. The van der Waals surface area contributed by atoms with Gasteiger partial charge in [-0.2, -0.15) is 0 Å². The minimum absolute atomic E-state index is 0.227. The largest absolute Gasteiger partial charge is 0.383 e. The number of aromatic nitrogens is 2. The van der Waals surface area contributed by atoms with Gasteiger partial charge in [-0.3, -0.25) is 0 Å². The molecule has 0 radical (unpaired) electrons. The van der Waals surface area contributed by atoms with Gasteiger partial charge in [0.2, 0.25) is 0 Å². The number of thiophene rings is 1. The molecule has 0 aliphatic heterocycles. The average Bonchev–Trinajstić information content (AvgIpc) is 2.74. The van der Waals surface area contributed by atoms with E-state index in [1.165, 1.54) is 28.8 Å². The van der Waals surface area contributed by atoms with Crippen LogP contribution in [0.5, 0.6) is 0 Å². The minimum atomic E-state index is -0.227. The van der Waals surface area contributed by atoms with E-state index in [1.807, 2.05) is 6.92 Å². The van der Waals surface area contributed by atoms with Gasteiger partial charge in [-0.1, -0.05) is 23.9 Å². The third kappa shape index (κ3) is 2.87. The standard InChI is InChI=1S/C15H14FN3S2/c1-8-9(2)21-14-12(8)13(17)18-15(19-14)20-7-10-3-5-11(16)6-4-10/h3-6H,7H2,1-2H3,(H2,17,18,19). The second-order valence-corrected chi connectivity index (χ2v) is 6.92. The maximum Gasteiger partial charge on any atom is 0.191 e. The maximum atomic E-state index is 12.9. The topological polar surface area (TPSA) is 51.8 Å². The first-order valence-corrected chi connectivity index (χ1v) is 8.25. The fourth-order valence-corrected chi connectivity index (χ4v) is 3.96. The fraction of sp³-hybridized carbons (Fsp3) is 0.200. The van der Waals surface area contributed by atoms with Gasteiger partial charge in [0.05, 0.1) is 5.39 Å². The molecule has 0 atom stereocenters. The van der Waals surface area contributed by atoms with Gasteiger partial charge in [-0.15, -0.1) is 11.3 Å². The van der Waals surface area contributed by atoms with Crippen molar-refractivity contribution in [3.63, 3.8) is 0 Å². The number of hydrogen-bond acceptors (Lipinski definition) is 5. The lowest BCUT2D eigenvalue weighted by molar-refractivity contribution is 0.627. The molecule has 2 aromatic heterocycles.